The molecule has 13 heteroatoms. The lowest BCUT2D eigenvalue weighted by atomic mass is 9.97. The number of pyridine rings is 2. The van der Waals surface area contributed by atoms with Gasteiger partial charge in [0.25, 0.3) is 5.56 Å². The second-order valence-corrected chi connectivity index (χ2v) is 8.54. The SMILES string of the molecule is Cn1c(=O)c(-c2ccc(Cl)cc2)c(-c2cncc(F)c2)c2nn(Cc3ccc(C(F)(F)F)nc3)c(=O)n21. The van der Waals surface area contributed by atoms with Crippen LogP contribution in [-0.4, -0.2) is 28.9 Å². The van der Waals surface area contributed by atoms with E-state index >= 15 is 0 Å². The summed E-state index contributed by atoms with van der Waals surface area (Å²) in [5, 5.41) is 4.80. The highest BCUT2D eigenvalue weighted by molar-refractivity contribution is 6.30. The summed E-state index contributed by atoms with van der Waals surface area (Å²) in [7, 11) is 1.37. The fraction of sp³-hybridized carbons (Fsp3) is 0.125. The Morgan fingerprint density at radius 2 is 1.68 bits per heavy atom. The number of halogens is 5. The number of hydrogen-bond acceptors (Lipinski definition) is 5. The fourth-order valence-corrected chi connectivity index (χ4v) is 4.09. The third kappa shape index (κ3) is 4.40. The largest absolute Gasteiger partial charge is 0.433 e. The number of rotatable bonds is 4. The zero-order chi connectivity index (χ0) is 26.5. The van der Waals surface area contributed by atoms with E-state index in [-0.39, 0.29) is 34.4 Å². The molecular weight excluding hydrogens is 516 g/mol. The molecule has 0 N–H and O–H groups in total. The number of aromatic nitrogens is 6. The molecule has 37 heavy (non-hydrogen) atoms. The predicted octanol–water partition coefficient (Wildman–Crippen LogP) is 4.18. The maximum absolute atomic E-state index is 14.2. The van der Waals surface area contributed by atoms with Gasteiger partial charge in [0.2, 0.25) is 0 Å². The van der Waals surface area contributed by atoms with Crippen molar-refractivity contribution in [3.8, 4) is 22.3 Å². The van der Waals surface area contributed by atoms with E-state index in [1.165, 1.54) is 19.3 Å². The van der Waals surface area contributed by atoms with Crippen molar-refractivity contribution in [1.29, 1.82) is 0 Å². The standard InChI is InChI=1S/C24H15ClF4N6O2/c1-33-22(36)20(14-3-5-16(25)6-4-14)19(15-8-17(26)11-30-10-15)21-32-34(23(37)35(21)33)12-13-2-7-18(31-9-13)24(27,28)29/h2-11H,12H2,1H3. The topological polar surface area (TPSA) is 87.1 Å². The molecule has 5 aromatic rings. The normalized spacial score (nSPS) is 11.8. The van der Waals surface area contributed by atoms with Crippen LogP contribution in [0.1, 0.15) is 11.3 Å². The number of benzene rings is 1. The smallest absolute Gasteiger partial charge is 0.267 e. The van der Waals surface area contributed by atoms with Crippen molar-refractivity contribution in [3.05, 3.63) is 104 Å². The molecule has 0 atom stereocenters. The first-order chi connectivity index (χ1) is 17.5. The van der Waals surface area contributed by atoms with Crippen LogP contribution in [0.3, 0.4) is 0 Å². The second-order valence-electron chi connectivity index (χ2n) is 8.10. The van der Waals surface area contributed by atoms with E-state index in [1.54, 1.807) is 24.3 Å². The van der Waals surface area contributed by atoms with Gasteiger partial charge >= 0.3 is 11.9 Å². The molecule has 4 aromatic heterocycles. The maximum atomic E-state index is 14.2. The van der Waals surface area contributed by atoms with Crippen LogP contribution in [0.25, 0.3) is 27.9 Å². The summed E-state index contributed by atoms with van der Waals surface area (Å²) in [5.74, 6) is -0.670. The van der Waals surface area contributed by atoms with Gasteiger partial charge in [0.1, 0.15) is 11.5 Å². The molecule has 1 aromatic carbocycles. The highest BCUT2D eigenvalue weighted by Gasteiger charge is 2.32. The van der Waals surface area contributed by atoms with Crippen molar-refractivity contribution in [2.75, 3.05) is 0 Å². The van der Waals surface area contributed by atoms with Crippen LogP contribution in [0, 0.1) is 5.82 Å². The third-order valence-electron chi connectivity index (χ3n) is 5.67. The number of hydrogen-bond donors (Lipinski definition) is 0. The van der Waals surface area contributed by atoms with Crippen LogP contribution in [0.2, 0.25) is 5.02 Å². The Morgan fingerprint density at radius 3 is 2.30 bits per heavy atom. The molecule has 0 bridgehead atoms. The Bertz CT molecular complexity index is 1760. The monoisotopic (exact) mass is 530 g/mol. The summed E-state index contributed by atoms with van der Waals surface area (Å²) in [6, 6.07) is 9.51. The van der Waals surface area contributed by atoms with Crippen LogP contribution in [0.15, 0.2) is 70.6 Å². The van der Waals surface area contributed by atoms with Gasteiger partial charge in [-0.3, -0.25) is 14.8 Å². The minimum Gasteiger partial charge on any atom is -0.267 e. The molecule has 0 spiro atoms. The Hall–Kier alpha value is -4.32. The third-order valence-corrected chi connectivity index (χ3v) is 5.93. The lowest BCUT2D eigenvalue weighted by Gasteiger charge is -2.13. The van der Waals surface area contributed by atoms with Gasteiger partial charge in [-0.15, -0.1) is 5.10 Å². The van der Waals surface area contributed by atoms with Gasteiger partial charge in [-0.2, -0.15) is 17.7 Å². The lowest BCUT2D eigenvalue weighted by molar-refractivity contribution is -0.141. The molecule has 188 valence electrons. The van der Waals surface area contributed by atoms with Crippen LogP contribution >= 0.6 is 11.6 Å². The molecule has 0 amide bonds. The Labute approximate surface area is 210 Å². The first kappa shape index (κ1) is 24.4. The minimum absolute atomic E-state index is 0.0179. The molecular formula is C24H15ClF4N6O2. The summed E-state index contributed by atoms with van der Waals surface area (Å²) in [4.78, 5) is 34.0. The van der Waals surface area contributed by atoms with Crippen molar-refractivity contribution in [2.45, 2.75) is 12.7 Å². The zero-order valence-electron chi connectivity index (χ0n) is 18.9. The Kier molecular flexibility index (Phi) is 5.91. The first-order valence-electron chi connectivity index (χ1n) is 10.7. The molecule has 5 rings (SSSR count). The van der Waals surface area contributed by atoms with Gasteiger partial charge in [-0.1, -0.05) is 29.8 Å². The summed E-state index contributed by atoms with van der Waals surface area (Å²) in [6.07, 6.45) is -1.29. The molecule has 0 unspecified atom stereocenters. The molecule has 0 fully saturated rings. The predicted molar refractivity (Wildman–Crippen MR) is 127 cm³/mol. The van der Waals surface area contributed by atoms with Gasteiger partial charge in [-0.25, -0.2) is 18.5 Å². The quantitative estimate of drug-likeness (QED) is 0.325. The van der Waals surface area contributed by atoms with Gasteiger partial charge in [0, 0.05) is 35.6 Å². The van der Waals surface area contributed by atoms with E-state index in [1.807, 2.05) is 0 Å². The van der Waals surface area contributed by atoms with E-state index in [0.717, 1.165) is 38.4 Å². The van der Waals surface area contributed by atoms with E-state index in [0.29, 0.717) is 10.6 Å². The van der Waals surface area contributed by atoms with Crippen LogP contribution in [0.4, 0.5) is 17.6 Å². The van der Waals surface area contributed by atoms with Crippen molar-refractivity contribution < 1.29 is 17.6 Å². The number of fused-ring (bicyclic) bond motifs is 1. The van der Waals surface area contributed by atoms with E-state index < -0.39 is 28.9 Å². The van der Waals surface area contributed by atoms with Crippen molar-refractivity contribution >= 4 is 17.2 Å². The Balaban J connectivity index is 1.76. The van der Waals surface area contributed by atoms with Crippen LogP contribution < -0.4 is 11.2 Å². The van der Waals surface area contributed by atoms with Gasteiger partial charge in [0.05, 0.1) is 18.3 Å². The Morgan fingerprint density at radius 1 is 0.946 bits per heavy atom. The molecule has 0 aliphatic carbocycles. The van der Waals surface area contributed by atoms with E-state index in [9.17, 15) is 27.2 Å². The average Bonchev–Trinajstić information content (AvgIpc) is 3.17. The maximum Gasteiger partial charge on any atom is 0.433 e. The highest BCUT2D eigenvalue weighted by Crippen LogP contribution is 2.33. The van der Waals surface area contributed by atoms with Gasteiger partial charge in [0.15, 0.2) is 5.65 Å². The molecule has 0 saturated heterocycles. The second kappa shape index (κ2) is 8.96. The summed E-state index contributed by atoms with van der Waals surface area (Å²) < 4.78 is 55.8. The average molecular weight is 531 g/mol. The van der Waals surface area contributed by atoms with Gasteiger partial charge < -0.3 is 0 Å². The molecule has 8 nitrogen and oxygen atoms in total. The summed E-state index contributed by atoms with van der Waals surface area (Å²) >= 11 is 6.01. The van der Waals surface area contributed by atoms with Crippen molar-refractivity contribution in [3.63, 3.8) is 0 Å². The van der Waals surface area contributed by atoms with E-state index in [4.69, 9.17) is 11.6 Å². The highest BCUT2D eigenvalue weighted by atomic mass is 35.5. The number of alkyl halides is 3. The van der Waals surface area contributed by atoms with Gasteiger partial charge in [-0.05, 0) is 35.4 Å². The summed E-state index contributed by atoms with van der Waals surface area (Å²) in [6.45, 7) is -0.225. The van der Waals surface area contributed by atoms with Crippen LogP contribution in [-0.2, 0) is 19.8 Å². The van der Waals surface area contributed by atoms with Crippen molar-refractivity contribution in [2.24, 2.45) is 7.05 Å². The zero-order valence-corrected chi connectivity index (χ0v) is 19.6. The molecule has 0 radical (unpaired) electrons. The van der Waals surface area contributed by atoms with Crippen LogP contribution in [0.5, 0.6) is 0 Å². The number of nitrogens with zero attached hydrogens (tertiary/aromatic N) is 6. The minimum atomic E-state index is -4.61. The van der Waals surface area contributed by atoms with E-state index in [2.05, 4.69) is 15.1 Å². The fourth-order valence-electron chi connectivity index (χ4n) is 3.97. The first-order valence-corrected chi connectivity index (χ1v) is 11.0. The molecule has 0 saturated carbocycles. The molecule has 0 aliphatic heterocycles. The van der Waals surface area contributed by atoms with Crippen molar-refractivity contribution in [1.82, 2.24) is 28.9 Å². The molecule has 4 heterocycles. The number of aryl methyl sites for hydroxylation is 1. The lowest BCUT2D eigenvalue weighted by Crippen LogP contribution is -2.33. The summed E-state index contributed by atoms with van der Waals surface area (Å²) in [5.41, 5.74) is -1.17. The molecule has 0 aliphatic rings.